The lowest BCUT2D eigenvalue weighted by molar-refractivity contribution is -0.134. The van der Waals surface area contributed by atoms with E-state index in [1.165, 1.54) is 17.0 Å². The van der Waals surface area contributed by atoms with Gasteiger partial charge in [-0.05, 0) is 75.6 Å². The Morgan fingerprint density at radius 1 is 1.09 bits per heavy atom. The first-order valence-electron chi connectivity index (χ1n) is 11.6. The number of anilines is 1. The minimum absolute atomic E-state index is 0.102. The number of likely N-dealkylation sites (tertiary alicyclic amines) is 1. The van der Waals surface area contributed by atoms with Crippen molar-refractivity contribution >= 4 is 23.7 Å². The second-order valence-electron chi connectivity index (χ2n) is 10.1. The Morgan fingerprint density at radius 3 is 2.34 bits per heavy atom. The van der Waals surface area contributed by atoms with Gasteiger partial charge in [0.2, 0.25) is 5.91 Å². The van der Waals surface area contributed by atoms with Gasteiger partial charge in [-0.2, -0.15) is 0 Å². The number of nitrogens with zero attached hydrogens (tertiary/aromatic N) is 3. The van der Waals surface area contributed by atoms with E-state index in [1.54, 1.807) is 56.0 Å². The van der Waals surface area contributed by atoms with Crippen LogP contribution in [0.4, 0.5) is 14.9 Å². The second kappa shape index (κ2) is 9.20. The molecule has 2 fully saturated rings. The lowest BCUT2D eigenvalue weighted by Crippen LogP contribution is -2.57. The Morgan fingerprint density at radius 2 is 1.74 bits per heavy atom. The molecular formula is C26H30FN3O5. The molecule has 0 unspecified atom stereocenters. The fourth-order valence-electron chi connectivity index (χ4n) is 4.76. The summed E-state index contributed by atoms with van der Waals surface area (Å²) in [4.78, 5) is 42.7. The van der Waals surface area contributed by atoms with Crippen molar-refractivity contribution < 1.29 is 28.6 Å². The van der Waals surface area contributed by atoms with Gasteiger partial charge in [-0.1, -0.05) is 12.1 Å². The van der Waals surface area contributed by atoms with E-state index >= 15 is 0 Å². The van der Waals surface area contributed by atoms with E-state index in [0.717, 1.165) is 5.56 Å². The number of halogens is 1. The highest BCUT2D eigenvalue weighted by Gasteiger charge is 2.54. The van der Waals surface area contributed by atoms with Crippen LogP contribution in [0, 0.1) is 5.82 Å². The highest BCUT2D eigenvalue weighted by Crippen LogP contribution is 2.40. The van der Waals surface area contributed by atoms with Crippen LogP contribution in [-0.4, -0.2) is 63.8 Å². The number of carbonyl (C=O) groups is 3. The molecular weight excluding hydrogens is 453 g/mol. The lowest BCUT2D eigenvalue weighted by atomic mass is 9.85. The van der Waals surface area contributed by atoms with E-state index in [-0.39, 0.29) is 38.0 Å². The number of piperidine rings is 1. The molecule has 2 amide bonds. The number of carbonyl (C=O) groups excluding carboxylic acids is 2. The van der Waals surface area contributed by atoms with E-state index in [4.69, 9.17) is 4.74 Å². The molecule has 1 spiro atoms. The summed E-state index contributed by atoms with van der Waals surface area (Å²) in [6.45, 7) is 6.43. The molecule has 2 aromatic carbocycles. The number of hydrogen-bond donors (Lipinski definition) is 1. The number of carboxylic acid groups (broad SMARTS) is 1. The summed E-state index contributed by atoms with van der Waals surface area (Å²) < 4.78 is 19.1. The van der Waals surface area contributed by atoms with Gasteiger partial charge in [0.25, 0.3) is 0 Å². The average Bonchev–Trinajstić information content (AvgIpc) is 3.05. The number of amides is 2. The Kier molecular flexibility index (Phi) is 6.44. The Labute approximate surface area is 203 Å². The van der Waals surface area contributed by atoms with Crippen LogP contribution in [0.3, 0.4) is 0 Å². The van der Waals surface area contributed by atoms with E-state index in [1.807, 2.05) is 11.0 Å². The molecule has 0 aromatic heterocycles. The SMILES string of the molecule is CC(C)(C)OC(=O)c1cccc(CN2CN(c3ccc(F)cc3)C3(CCN(C(=O)O)CC3)C2=O)c1. The van der Waals surface area contributed by atoms with Gasteiger partial charge in [-0.15, -0.1) is 0 Å². The van der Waals surface area contributed by atoms with Crippen molar-refractivity contribution in [2.45, 2.75) is 51.3 Å². The molecule has 2 saturated heterocycles. The molecule has 2 aromatic rings. The van der Waals surface area contributed by atoms with Crippen LogP contribution in [0.5, 0.6) is 0 Å². The minimum Gasteiger partial charge on any atom is -0.465 e. The van der Waals surface area contributed by atoms with E-state index in [0.29, 0.717) is 24.1 Å². The molecule has 35 heavy (non-hydrogen) atoms. The molecule has 0 atom stereocenters. The van der Waals surface area contributed by atoms with Crippen LogP contribution in [-0.2, 0) is 16.1 Å². The average molecular weight is 484 g/mol. The number of benzene rings is 2. The monoisotopic (exact) mass is 483 g/mol. The number of ether oxygens (including phenoxy) is 1. The van der Waals surface area contributed by atoms with E-state index in [2.05, 4.69) is 0 Å². The number of hydrogen-bond acceptors (Lipinski definition) is 5. The van der Waals surface area contributed by atoms with Crippen molar-refractivity contribution in [2.75, 3.05) is 24.7 Å². The summed E-state index contributed by atoms with van der Waals surface area (Å²) in [5, 5.41) is 9.37. The van der Waals surface area contributed by atoms with Crippen LogP contribution in [0.15, 0.2) is 48.5 Å². The van der Waals surface area contributed by atoms with Gasteiger partial charge in [-0.3, -0.25) is 4.79 Å². The summed E-state index contributed by atoms with van der Waals surface area (Å²) in [6.07, 6.45) is -0.331. The first-order valence-corrected chi connectivity index (χ1v) is 11.6. The highest BCUT2D eigenvalue weighted by atomic mass is 19.1. The standard InChI is InChI=1S/C26H30FN3O5/c1-25(2,3)35-22(31)19-6-4-5-18(15-19)16-29-17-30(21-9-7-20(27)8-10-21)26(23(29)32)11-13-28(14-12-26)24(33)34/h4-10,15H,11-14,16-17H2,1-3H3,(H,33,34). The van der Waals surface area contributed by atoms with Crippen molar-refractivity contribution in [2.24, 2.45) is 0 Å². The molecule has 9 heteroatoms. The predicted octanol–water partition coefficient (Wildman–Crippen LogP) is 4.10. The van der Waals surface area contributed by atoms with Crippen molar-refractivity contribution in [3.05, 3.63) is 65.5 Å². The largest absolute Gasteiger partial charge is 0.465 e. The van der Waals surface area contributed by atoms with E-state index in [9.17, 15) is 23.9 Å². The highest BCUT2D eigenvalue weighted by molar-refractivity contribution is 5.94. The topological polar surface area (TPSA) is 90.4 Å². The van der Waals surface area contributed by atoms with Gasteiger partial charge in [-0.25, -0.2) is 14.0 Å². The maximum atomic E-state index is 13.8. The quantitative estimate of drug-likeness (QED) is 0.659. The summed E-state index contributed by atoms with van der Waals surface area (Å²) in [5.74, 6) is -0.906. The molecule has 186 valence electrons. The van der Waals surface area contributed by atoms with Crippen molar-refractivity contribution in [3.63, 3.8) is 0 Å². The Balaban J connectivity index is 1.59. The van der Waals surface area contributed by atoms with Gasteiger partial charge in [0.1, 0.15) is 17.0 Å². The van der Waals surface area contributed by atoms with Crippen LogP contribution < -0.4 is 4.90 Å². The molecule has 2 aliphatic heterocycles. The zero-order chi connectivity index (χ0) is 25.4. The first-order chi connectivity index (χ1) is 16.5. The summed E-state index contributed by atoms with van der Waals surface area (Å²) in [6, 6.07) is 13.0. The third-order valence-corrected chi connectivity index (χ3v) is 6.45. The normalized spacial score (nSPS) is 17.7. The third-order valence-electron chi connectivity index (χ3n) is 6.45. The van der Waals surface area contributed by atoms with Crippen LogP contribution in [0.2, 0.25) is 0 Å². The molecule has 2 heterocycles. The number of rotatable bonds is 4. The Bertz CT molecular complexity index is 1120. The van der Waals surface area contributed by atoms with Crippen molar-refractivity contribution in [1.82, 2.24) is 9.80 Å². The second-order valence-corrected chi connectivity index (χ2v) is 10.1. The maximum Gasteiger partial charge on any atom is 0.407 e. The summed E-state index contributed by atoms with van der Waals surface area (Å²) in [5.41, 5.74) is 0.357. The van der Waals surface area contributed by atoms with Gasteiger partial charge in [0.15, 0.2) is 0 Å². The van der Waals surface area contributed by atoms with Gasteiger partial charge >= 0.3 is 12.1 Å². The first kappa shape index (κ1) is 24.5. The smallest absolute Gasteiger partial charge is 0.407 e. The van der Waals surface area contributed by atoms with Gasteiger partial charge in [0.05, 0.1) is 12.2 Å². The molecule has 0 radical (unpaired) electrons. The fourth-order valence-corrected chi connectivity index (χ4v) is 4.76. The molecule has 4 rings (SSSR count). The van der Waals surface area contributed by atoms with Crippen LogP contribution in [0.1, 0.15) is 49.5 Å². The lowest BCUT2D eigenvalue weighted by Gasteiger charge is -2.42. The Hall–Kier alpha value is -3.62. The van der Waals surface area contributed by atoms with Crippen molar-refractivity contribution in [1.29, 1.82) is 0 Å². The molecule has 0 saturated carbocycles. The maximum absolute atomic E-state index is 13.8. The van der Waals surface area contributed by atoms with Crippen molar-refractivity contribution in [3.8, 4) is 0 Å². The zero-order valence-electron chi connectivity index (χ0n) is 20.2. The molecule has 8 nitrogen and oxygen atoms in total. The van der Waals surface area contributed by atoms with Crippen LogP contribution in [0.25, 0.3) is 0 Å². The van der Waals surface area contributed by atoms with Crippen LogP contribution >= 0.6 is 0 Å². The van der Waals surface area contributed by atoms with Gasteiger partial charge < -0.3 is 24.5 Å². The third kappa shape index (κ3) is 5.08. The summed E-state index contributed by atoms with van der Waals surface area (Å²) >= 11 is 0. The molecule has 1 N–H and O–H groups in total. The number of esters is 1. The van der Waals surface area contributed by atoms with E-state index < -0.39 is 23.2 Å². The summed E-state index contributed by atoms with van der Waals surface area (Å²) in [7, 11) is 0. The minimum atomic E-state index is -1.01. The molecule has 0 aliphatic carbocycles. The zero-order valence-corrected chi connectivity index (χ0v) is 20.2. The molecule has 0 bridgehead atoms. The fraction of sp³-hybridized carbons (Fsp3) is 0.423. The predicted molar refractivity (Wildman–Crippen MR) is 127 cm³/mol. The molecule has 2 aliphatic rings. The van der Waals surface area contributed by atoms with Gasteiger partial charge in [0, 0.05) is 25.3 Å².